The first-order valence-electron chi connectivity index (χ1n) is 10.4. The number of anilines is 1. The number of carbonyl (C=O) groups is 2. The van der Waals surface area contributed by atoms with Gasteiger partial charge < -0.3 is 15.2 Å². The Labute approximate surface area is 217 Å². The molecule has 3 rings (SSSR count). The number of aromatic nitrogens is 3. The van der Waals surface area contributed by atoms with Gasteiger partial charge in [0.15, 0.2) is 11.0 Å². The molecule has 0 aliphatic carbocycles. The van der Waals surface area contributed by atoms with Gasteiger partial charge >= 0.3 is 0 Å². The van der Waals surface area contributed by atoms with Crippen molar-refractivity contribution in [3.8, 4) is 0 Å². The molecular formula is C23H24Cl3N5O2S. The Morgan fingerprint density at radius 1 is 1.06 bits per heavy atom. The molecular weight excluding hydrogens is 517 g/mol. The fourth-order valence-electron chi connectivity index (χ4n) is 3.17. The van der Waals surface area contributed by atoms with Crippen LogP contribution in [0.1, 0.15) is 41.6 Å². The smallest absolute Gasteiger partial charge is 0.251 e. The Hall–Kier alpha value is -2.26. The van der Waals surface area contributed by atoms with Gasteiger partial charge in [0.2, 0.25) is 5.91 Å². The van der Waals surface area contributed by atoms with Crippen LogP contribution in [0, 0.1) is 12.8 Å². The van der Waals surface area contributed by atoms with Gasteiger partial charge in [-0.3, -0.25) is 9.59 Å². The van der Waals surface area contributed by atoms with Crippen molar-refractivity contribution in [1.82, 2.24) is 20.1 Å². The maximum Gasteiger partial charge on any atom is 0.251 e. The van der Waals surface area contributed by atoms with E-state index in [0.29, 0.717) is 37.3 Å². The lowest BCUT2D eigenvalue weighted by Crippen LogP contribution is -2.33. The number of thioether (sulfide) groups is 1. The maximum absolute atomic E-state index is 12.8. The predicted molar refractivity (Wildman–Crippen MR) is 138 cm³/mol. The summed E-state index contributed by atoms with van der Waals surface area (Å²) in [5.74, 6) is 0.262. The minimum atomic E-state index is -0.406. The number of carbonyl (C=O) groups excluding carboxylic acids is 2. The SMILES string of the molecule is Cc1c(Cl)cccc1NC(=O)CSc1nnc([C@H](NC(=O)c2ccc(Cl)c(Cl)c2)C(C)C)n1C. The molecule has 0 bridgehead atoms. The summed E-state index contributed by atoms with van der Waals surface area (Å²) in [4.78, 5) is 25.3. The van der Waals surface area contributed by atoms with E-state index in [1.807, 2.05) is 20.8 Å². The molecule has 0 unspecified atom stereocenters. The van der Waals surface area contributed by atoms with Crippen molar-refractivity contribution in [2.75, 3.05) is 11.1 Å². The van der Waals surface area contributed by atoms with E-state index in [1.54, 1.807) is 41.9 Å². The number of hydrogen-bond acceptors (Lipinski definition) is 5. The van der Waals surface area contributed by atoms with Crippen molar-refractivity contribution in [2.45, 2.75) is 32.0 Å². The standard InChI is InChI=1S/C23H24Cl3N5O2S/c1-12(2)20(28-22(33)14-8-9-16(25)17(26)10-14)21-29-30-23(31(21)4)34-11-19(32)27-18-7-5-6-15(24)13(18)3/h5-10,12,20H,11H2,1-4H3,(H,27,32)(H,28,33)/t20-/m1/s1. The Morgan fingerprint density at radius 2 is 1.79 bits per heavy atom. The van der Waals surface area contributed by atoms with Crippen molar-refractivity contribution in [3.05, 3.63) is 68.4 Å². The molecule has 7 nitrogen and oxygen atoms in total. The lowest BCUT2D eigenvalue weighted by Gasteiger charge is -2.22. The highest BCUT2D eigenvalue weighted by Gasteiger charge is 2.25. The summed E-state index contributed by atoms with van der Waals surface area (Å²) in [6.07, 6.45) is 0. The fourth-order valence-corrected chi connectivity index (χ4v) is 4.36. The average Bonchev–Trinajstić information content (AvgIpc) is 3.15. The second-order valence-corrected chi connectivity index (χ2v) is 10.1. The molecule has 0 aliphatic heterocycles. The molecule has 2 N–H and O–H groups in total. The highest BCUT2D eigenvalue weighted by molar-refractivity contribution is 7.99. The second-order valence-electron chi connectivity index (χ2n) is 7.97. The second kappa shape index (κ2) is 11.4. The molecule has 1 heterocycles. The molecule has 180 valence electrons. The molecule has 0 fully saturated rings. The molecule has 1 atom stereocenters. The van der Waals surface area contributed by atoms with Crippen molar-refractivity contribution in [1.29, 1.82) is 0 Å². The number of amides is 2. The van der Waals surface area contributed by atoms with E-state index in [1.165, 1.54) is 17.8 Å². The number of hydrogen-bond donors (Lipinski definition) is 2. The Bertz CT molecular complexity index is 1220. The zero-order chi connectivity index (χ0) is 25.0. The number of halogens is 3. The van der Waals surface area contributed by atoms with Crippen LogP contribution in [0.4, 0.5) is 5.69 Å². The molecule has 0 spiro atoms. The molecule has 3 aromatic rings. The zero-order valence-electron chi connectivity index (χ0n) is 19.0. The van der Waals surface area contributed by atoms with E-state index < -0.39 is 6.04 Å². The molecule has 2 aromatic carbocycles. The third-order valence-electron chi connectivity index (χ3n) is 5.16. The Balaban J connectivity index is 1.69. The van der Waals surface area contributed by atoms with E-state index in [4.69, 9.17) is 34.8 Å². The van der Waals surface area contributed by atoms with Gasteiger partial charge in [0, 0.05) is 23.3 Å². The maximum atomic E-state index is 12.8. The van der Waals surface area contributed by atoms with E-state index in [2.05, 4.69) is 20.8 Å². The summed E-state index contributed by atoms with van der Waals surface area (Å²) in [6.45, 7) is 5.79. The van der Waals surface area contributed by atoms with Gasteiger partial charge in [-0.05, 0) is 48.7 Å². The largest absolute Gasteiger partial charge is 0.342 e. The number of nitrogens with one attached hydrogen (secondary N) is 2. The van der Waals surface area contributed by atoms with E-state index in [9.17, 15) is 9.59 Å². The van der Waals surface area contributed by atoms with Crippen LogP contribution in [0.25, 0.3) is 0 Å². The minimum absolute atomic E-state index is 0.0292. The highest BCUT2D eigenvalue weighted by Crippen LogP contribution is 2.27. The van der Waals surface area contributed by atoms with Crippen LogP contribution in [0.3, 0.4) is 0 Å². The van der Waals surface area contributed by atoms with Gasteiger partial charge in [-0.2, -0.15) is 0 Å². The molecule has 11 heteroatoms. The fraction of sp³-hybridized carbons (Fsp3) is 0.304. The lowest BCUT2D eigenvalue weighted by atomic mass is 10.0. The predicted octanol–water partition coefficient (Wildman–Crippen LogP) is 5.94. The van der Waals surface area contributed by atoms with Crippen molar-refractivity contribution < 1.29 is 9.59 Å². The third-order valence-corrected chi connectivity index (χ3v) is 7.32. The summed E-state index contributed by atoms with van der Waals surface area (Å²) in [7, 11) is 1.80. The third kappa shape index (κ3) is 6.24. The van der Waals surface area contributed by atoms with E-state index in [0.717, 1.165) is 5.56 Å². The monoisotopic (exact) mass is 539 g/mol. The summed E-state index contributed by atoms with van der Waals surface area (Å²) < 4.78 is 1.78. The first-order chi connectivity index (χ1) is 16.1. The van der Waals surface area contributed by atoms with Crippen molar-refractivity contribution in [2.24, 2.45) is 13.0 Å². The highest BCUT2D eigenvalue weighted by atomic mass is 35.5. The normalized spacial score (nSPS) is 12.0. The minimum Gasteiger partial charge on any atom is -0.342 e. The van der Waals surface area contributed by atoms with Gasteiger partial charge in [0.25, 0.3) is 5.91 Å². The van der Waals surface area contributed by atoms with Crippen LogP contribution in [0.5, 0.6) is 0 Å². The van der Waals surface area contributed by atoms with Crippen LogP contribution in [-0.4, -0.2) is 32.3 Å². The molecule has 0 saturated heterocycles. The van der Waals surface area contributed by atoms with Crippen LogP contribution in [0.15, 0.2) is 41.6 Å². The van der Waals surface area contributed by atoms with Crippen molar-refractivity contribution >= 4 is 64.1 Å². The molecule has 0 saturated carbocycles. The van der Waals surface area contributed by atoms with Gasteiger partial charge in [-0.1, -0.05) is 66.5 Å². The first-order valence-corrected chi connectivity index (χ1v) is 12.5. The molecule has 0 aliphatic rings. The molecule has 34 heavy (non-hydrogen) atoms. The molecule has 0 radical (unpaired) electrons. The summed E-state index contributed by atoms with van der Waals surface area (Å²) in [5.41, 5.74) is 1.87. The average molecular weight is 541 g/mol. The number of rotatable bonds is 8. The van der Waals surface area contributed by atoms with Gasteiger partial charge in [0.05, 0.1) is 21.8 Å². The summed E-state index contributed by atoms with van der Waals surface area (Å²) >= 11 is 19.4. The molecule has 2 amide bonds. The van der Waals surface area contributed by atoms with Crippen LogP contribution < -0.4 is 10.6 Å². The van der Waals surface area contributed by atoms with Crippen LogP contribution in [-0.2, 0) is 11.8 Å². The van der Waals surface area contributed by atoms with Gasteiger partial charge in [0.1, 0.15) is 0 Å². The van der Waals surface area contributed by atoms with E-state index in [-0.39, 0.29) is 23.5 Å². The zero-order valence-corrected chi connectivity index (χ0v) is 22.1. The lowest BCUT2D eigenvalue weighted by molar-refractivity contribution is -0.113. The Kier molecular flexibility index (Phi) is 8.87. The Morgan fingerprint density at radius 3 is 2.47 bits per heavy atom. The number of nitrogens with zero attached hydrogens (tertiary/aromatic N) is 3. The van der Waals surface area contributed by atoms with Gasteiger partial charge in [-0.15, -0.1) is 10.2 Å². The topological polar surface area (TPSA) is 88.9 Å². The van der Waals surface area contributed by atoms with Crippen molar-refractivity contribution in [3.63, 3.8) is 0 Å². The van der Waals surface area contributed by atoms with Crippen LogP contribution in [0.2, 0.25) is 15.1 Å². The molecule has 1 aromatic heterocycles. The quantitative estimate of drug-likeness (QED) is 0.345. The first kappa shape index (κ1) is 26.3. The summed E-state index contributed by atoms with van der Waals surface area (Å²) in [6, 6.07) is 9.66. The van der Waals surface area contributed by atoms with E-state index >= 15 is 0 Å². The van der Waals surface area contributed by atoms with Gasteiger partial charge in [-0.25, -0.2) is 0 Å². The summed E-state index contributed by atoms with van der Waals surface area (Å²) in [5, 5.41) is 16.2. The van der Waals surface area contributed by atoms with Crippen LogP contribution >= 0.6 is 46.6 Å². The number of benzene rings is 2.